The summed E-state index contributed by atoms with van der Waals surface area (Å²) in [7, 11) is 0. The van der Waals surface area contributed by atoms with E-state index in [1.54, 1.807) is 23.9 Å². The molecule has 0 spiro atoms. The molecule has 1 aromatic heterocycles. The summed E-state index contributed by atoms with van der Waals surface area (Å²) in [5.74, 6) is -0.337. The minimum Gasteiger partial charge on any atom is -0.481 e. The molecule has 0 aromatic carbocycles. The maximum absolute atomic E-state index is 12.1. The minimum atomic E-state index is -0.765. The molecule has 1 fully saturated rings. The highest BCUT2D eigenvalue weighted by Crippen LogP contribution is 2.31. The molecule has 0 saturated carbocycles. The SMILES string of the molecule is CCn1ccnc(N2CCC(C)(C(=O)O)CC2)c1=O. The largest absolute Gasteiger partial charge is 0.481 e. The maximum Gasteiger partial charge on any atom is 0.309 e. The molecule has 1 saturated heterocycles. The molecular formula is C13H19N3O3. The van der Waals surface area contributed by atoms with Gasteiger partial charge in [-0.1, -0.05) is 0 Å². The second-order valence-electron chi connectivity index (χ2n) is 5.19. The van der Waals surface area contributed by atoms with Gasteiger partial charge in [0.05, 0.1) is 5.41 Å². The maximum atomic E-state index is 12.1. The Bertz CT molecular complexity index is 530. The van der Waals surface area contributed by atoms with Gasteiger partial charge in [0, 0.05) is 32.0 Å². The number of carboxylic acids is 1. The Morgan fingerprint density at radius 1 is 1.47 bits per heavy atom. The highest BCUT2D eigenvalue weighted by atomic mass is 16.4. The number of carboxylic acid groups (broad SMARTS) is 1. The lowest BCUT2D eigenvalue weighted by Gasteiger charge is -2.36. The van der Waals surface area contributed by atoms with Gasteiger partial charge in [-0.25, -0.2) is 4.98 Å². The molecule has 1 N–H and O–H groups in total. The standard InChI is InChI=1S/C13H19N3O3/c1-3-15-9-6-14-10(11(15)17)16-7-4-13(2,5-8-16)12(18)19/h6,9H,3-5,7-8H2,1-2H3,(H,18,19). The Morgan fingerprint density at radius 2 is 2.11 bits per heavy atom. The van der Waals surface area contributed by atoms with Crippen molar-refractivity contribution in [2.75, 3.05) is 18.0 Å². The van der Waals surface area contributed by atoms with Crippen molar-refractivity contribution >= 4 is 11.8 Å². The van der Waals surface area contributed by atoms with E-state index in [2.05, 4.69) is 4.98 Å². The van der Waals surface area contributed by atoms with Crippen molar-refractivity contribution < 1.29 is 9.90 Å². The van der Waals surface area contributed by atoms with Gasteiger partial charge in [0.1, 0.15) is 0 Å². The van der Waals surface area contributed by atoms with Crippen molar-refractivity contribution in [2.45, 2.75) is 33.2 Å². The molecule has 19 heavy (non-hydrogen) atoms. The Morgan fingerprint density at radius 3 is 2.63 bits per heavy atom. The number of carbonyl (C=O) groups is 1. The predicted octanol–water partition coefficient (Wildman–Crippen LogP) is 0.954. The summed E-state index contributed by atoms with van der Waals surface area (Å²) in [5, 5.41) is 9.19. The van der Waals surface area contributed by atoms with E-state index >= 15 is 0 Å². The Balaban J connectivity index is 2.19. The molecule has 0 radical (unpaired) electrons. The van der Waals surface area contributed by atoms with Crippen molar-refractivity contribution in [3.8, 4) is 0 Å². The van der Waals surface area contributed by atoms with E-state index in [9.17, 15) is 14.7 Å². The van der Waals surface area contributed by atoms with Crippen LogP contribution in [-0.4, -0.2) is 33.7 Å². The quantitative estimate of drug-likeness (QED) is 0.880. The number of nitrogens with zero attached hydrogens (tertiary/aromatic N) is 3. The Kier molecular flexibility index (Phi) is 3.59. The van der Waals surface area contributed by atoms with Gasteiger partial charge >= 0.3 is 5.97 Å². The number of rotatable bonds is 3. The number of piperidine rings is 1. The first-order chi connectivity index (χ1) is 8.98. The van der Waals surface area contributed by atoms with E-state index in [1.165, 1.54) is 0 Å². The summed E-state index contributed by atoms with van der Waals surface area (Å²) in [6, 6.07) is 0. The number of aliphatic carboxylic acids is 1. The van der Waals surface area contributed by atoms with E-state index in [4.69, 9.17) is 0 Å². The van der Waals surface area contributed by atoms with Crippen molar-refractivity contribution in [3.05, 3.63) is 22.7 Å². The normalized spacial score (nSPS) is 18.3. The first-order valence-electron chi connectivity index (χ1n) is 6.52. The number of anilines is 1. The van der Waals surface area contributed by atoms with Gasteiger partial charge in [0.15, 0.2) is 5.82 Å². The van der Waals surface area contributed by atoms with Crippen LogP contribution >= 0.6 is 0 Å². The van der Waals surface area contributed by atoms with Gasteiger partial charge in [-0.2, -0.15) is 0 Å². The van der Waals surface area contributed by atoms with E-state index < -0.39 is 11.4 Å². The monoisotopic (exact) mass is 265 g/mol. The number of hydrogen-bond donors (Lipinski definition) is 1. The average molecular weight is 265 g/mol. The van der Waals surface area contributed by atoms with Crippen LogP contribution in [0.25, 0.3) is 0 Å². The molecule has 0 amide bonds. The number of aromatic nitrogens is 2. The second kappa shape index (κ2) is 5.03. The first kappa shape index (κ1) is 13.6. The van der Waals surface area contributed by atoms with Gasteiger partial charge < -0.3 is 14.6 Å². The summed E-state index contributed by atoms with van der Waals surface area (Å²) in [5.41, 5.74) is -0.793. The van der Waals surface area contributed by atoms with Gasteiger partial charge in [0.2, 0.25) is 0 Å². The second-order valence-corrected chi connectivity index (χ2v) is 5.19. The highest BCUT2D eigenvalue weighted by molar-refractivity contribution is 5.74. The fourth-order valence-electron chi connectivity index (χ4n) is 2.33. The van der Waals surface area contributed by atoms with Crippen LogP contribution in [0.3, 0.4) is 0 Å². The van der Waals surface area contributed by atoms with E-state index in [0.717, 1.165) is 0 Å². The molecule has 6 nitrogen and oxygen atoms in total. The third-order valence-corrected chi connectivity index (χ3v) is 3.92. The molecule has 6 heteroatoms. The van der Waals surface area contributed by atoms with Gasteiger partial charge in [-0.05, 0) is 26.7 Å². The summed E-state index contributed by atoms with van der Waals surface area (Å²) in [4.78, 5) is 29.4. The fraction of sp³-hybridized carbons (Fsp3) is 0.615. The van der Waals surface area contributed by atoms with Crippen LogP contribution in [0.15, 0.2) is 17.2 Å². The van der Waals surface area contributed by atoms with Crippen molar-refractivity contribution in [1.82, 2.24) is 9.55 Å². The van der Waals surface area contributed by atoms with Crippen molar-refractivity contribution in [1.29, 1.82) is 0 Å². The molecular weight excluding hydrogens is 246 g/mol. The van der Waals surface area contributed by atoms with Gasteiger partial charge in [-0.3, -0.25) is 9.59 Å². The van der Waals surface area contributed by atoms with E-state index in [0.29, 0.717) is 38.3 Å². The number of hydrogen-bond acceptors (Lipinski definition) is 4. The van der Waals surface area contributed by atoms with Gasteiger partial charge in [-0.15, -0.1) is 0 Å². The summed E-state index contributed by atoms with van der Waals surface area (Å²) in [6.07, 6.45) is 4.34. The molecule has 104 valence electrons. The third kappa shape index (κ3) is 2.47. The van der Waals surface area contributed by atoms with Crippen molar-refractivity contribution in [3.63, 3.8) is 0 Å². The lowest BCUT2D eigenvalue weighted by atomic mass is 9.80. The van der Waals surface area contributed by atoms with Crippen molar-refractivity contribution in [2.24, 2.45) is 5.41 Å². The minimum absolute atomic E-state index is 0.107. The molecule has 2 rings (SSSR count). The smallest absolute Gasteiger partial charge is 0.309 e. The Labute approximate surface area is 111 Å². The Hall–Kier alpha value is -1.85. The molecule has 1 aliphatic rings. The average Bonchev–Trinajstić information content (AvgIpc) is 2.40. The molecule has 2 heterocycles. The third-order valence-electron chi connectivity index (χ3n) is 3.92. The highest BCUT2D eigenvalue weighted by Gasteiger charge is 2.37. The van der Waals surface area contributed by atoms with Crippen LogP contribution in [-0.2, 0) is 11.3 Å². The number of aryl methyl sites for hydroxylation is 1. The summed E-state index contributed by atoms with van der Waals surface area (Å²) >= 11 is 0. The van der Waals surface area contributed by atoms with Gasteiger partial charge in [0.25, 0.3) is 5.56 Å². The lowest BCUT2D eigenvalue weighted by molar-refractivity contribution is -0.149. The first-order valence-corrected chi connectivity index (χ1v) is 6.52. The molecule has 1 aliphatic heterocycles. The topological polar surface area (TPSA) is 75.4 Å². The summed E-state index contributed by atoms with van der Waals surface area (Å²) in [6.45, 7) is 5.38. The van der Waals surface area contributed by atoms with Crippen LogP contribution < -0.4 is 10.5 Å². The molecule has 0 atom stereocenters. The lowest BCUT2D eigenvalue weighted by Crippen LogP contribution is -2.45. The fourth-order valence-corrected chi connectivity index (χ4v) is 2.33. The van der Waals surface area contributed by atoms with Crippen LogP contribution in [0.1, 0.15) is 26.7 Å². The molecule has 1 aromatic rings. The molecule has 0 aliphatic carbocycles. The zero-order chi connectivity index (χ0) is 14.0. The van der Waals surface area contributed by atoms with Crippen LogP contribution in [0.2, 0.25) is 0 Å². The van der Waals surface area contributed by atoms with E-state index in [1.807, 2.05) is 11.8 Å². The predicted molar refractivity (Wildman–Crippen MR) is 71.4 cm³/mol. The van der Waals surface area contributed by atoms with Crippen LogP contribution in [0.4, 0.5) is 5.82 Å². The zero-order valence-electron chi connectivity index (χ0n) is 11.3. The van der Waals surface area contributed by atoms with Crippen LogP contribution in [0.5, 0.6) is 0 Å². The van der Waals surface area contributed by atoms with E-state index in [-0.39, 0.29) is 5.56 Å². The molecule has 0 bridgehead atoms. The zero-order valence-corrected chi connectivity index (χ0v) is 11.3. The summed E-state index contributed by atoms with van der Waals surface area (Å²) < 4.78 is 1.60. The van der Waals surface area contributed by atoms with Crippen LogP contribution in [0, 0.1) is 5.41 Å². The molecule has 0 unspecified atom stereocenters.